The molecule has 0 atom stereocenters. The second-order valence-corrected chi connectivity index (χ2v) is 4.00. The van der Waals surface area contributed by atoms with Crippen LogP contribution in [0.2, 0.25) is 0 Å². The summed E-state index contributed by atoms with van der Waals surface area (Å²) in [6, 6.07) is 5.27. The molecule has 0 aromatic heterocycles. The quantitative estimate of drug-likeness (QED) is 0.429. The van der Waals surface area contributed by atoms with Crippen molar-refractivity contribution in [1.29, 1.82) is 0 Å². The molecule has 5 nitrogen and oxygen atoms in total. The average Bonchev–Trinajstić information content (AvgIpc) is 2.40. The molecule has 0 aliphatic carbocycles. The Labute approximate surface area is 114 Å². The number of anilines is 2. The molecule has 1 aromatic carbocycles. The third-order valence-corrected chi connectivity index (χ3v) is 2.55. The molecule has 0 saturated heterocycles. The van der Waals surface area contributed by atoms with E-state index in [1.165, 1.54) is 0 Å². The van der Waals surface area contributed by atoms with E-state index in [1.54, 1.807) is 19.1 Å². The van der Waals surface area contributed by atoms with Gasteiger partial charge in [0.25, 0.3) is 0 Å². The third-order valence-electron chi connectivity index (χ3n) is 2.55. The Bertz CT molecular complexity index is 408. The highest BCUT2D eigenvalue weighted by atomic mass is 16.5. The van der Waals surface area contributed by atoms with Gasteiger partial charge in [-0.3, -0.25) is 0 Å². The highest BCUT2D eigenvalue weighted by molar-refractivity contribution is 5.96. The second kappa shape index (κ2) is 8.37. The number of carbonyl (C=O) groups is 1. The van der Waals surface area contributed by atoms with Crippen LogP contribution >= 0.6 is 0 Å². The predicted molar refractivity (Wildman–Crippen MR) is 76.4 cm³/mol. The van der Waals surface area contributed by atoms with Gasteiger partial charge in [0, 0.05) is 31.1 Å². The second-order valence-electron chi connectivity index (χ2n) is 4.00. The highest BCUT2D eigenvalue weighted by Crippen LogP contribution is 2.18. The minimum Gasteiger partial charge on any atom is -0.462 e. The molecule has 106 valence electrons. The maximum absolute atomic E-state index is 11.7. The van der Waals surface area contributed by atoms with E-state index in [4.69, 9.17) is 15.2 Å². The zero-order valence-corrected chi connectivity index (χ0v) is 11.6. The van der Waals surface area contributed by atoms with Crippen molar-refractivity contribution < 1.29 is 14.3 Å². The van der Waals surface area contributed by atoms with Crippen molar-refractivity contribution in [2.75, 3.05) is 37.4 Å². The summed E-state index contributed by atoms with van der Waals surface area (Å²) in [5.41, 5.74) is 7.45. The van der Waals surface area contributed by atoms with Crippen LogP contribution < -0.4 is 11.1 Å². The van der Waals surface area contributed by atoms with Crippen LogP contribution in [0.5, 0.6) is 0 Å². The number of hydrogen-bond acceptors (Lipinski definition) is 5. The Kier molecular flexibility index (Phi) is 6.74. The Morgan fingerprint density at radius 1 is 1.32 bits per heavy atom. The van der Waals surface area contributed by atoms with Crippen LogP contribution in [0.15, 0.2) is 18.2 Å². The number of nitrogens with one attached hydrogen (secondary N) is 1. The fourth-order valence-electron chi connectivity index (χ4n) is 1.60. The van der Waals surface area contributed by atoms with Gasteiger partial charge in [-0.05, 0) is 38.5 Å². The lowest BCUT2D eigenvalue weighted by Crippen LogP contribution is -2.10. The van der Waals surface area contributed by atoms with Crippen LogP contribution in [0.25, 0.3) is 0 Å². The minimum absolute atomic E-state index is 0.338. The number of nitrogen functional groups attached to an aromatic ring is 1. The number of nitrogens with two attached hydrogens (primary N) is 1. The molecular weight excluding hydrogens is 244 g/mol. The first-order chi connectivity index (χ1) is 9.19. The maximum Gasteiger partial charge on any atom is 0.340 e. The van der Waals surface area contributed by atoms with Crippen molar-refractivity contribution in [3.8, 4) is 0 Å². The number of benzene rings is 1. The van der Waals surface area contributed by atoms with Gasteiger partial charge in [-0.1, -0.05) is 0 Å². The number of ether oxygens (including phenoxy) is 2. The van der Waals surface area contributed by atoms with Gasteiger partial charge < -0.3 is 20.5 Å². The number of esters is 1. The molecule has 1 aromatic rings. The monoisotopic (exact) mass is 266 g/mol. The summed E-state index contributed by atoms with van der Waals surface area (Å²) in [5, 5.41) is 3.22. The van der Waals surface area contributed by atoms with E-state index in [-0.39, 0.29) is 0 Å². The van der Waals surface area contributed by atoms with Gasteiger partial charge in [-0.2, -0.15) is 0 Å². The zero-order valence-electron chi connectivity index (χ0n) is 11.6. The lowest BCUT2D eigenvalue weighted by Gasteiger charge is -2.10. The van der Waals surface area contributed by atoms with Crippen LogP contribution in [0.1, 0.15) is 30.6 Å². The molecule has 0 spiro atoms. The molecule has 0 bridgehead atoms. The van der Waals surface area contributed by atoms with Gasteiger partial charge in [0.2, 0.25) is 0 Å². The summed E-state index contributed by atoms with van der Waals surface area (Å²) in [4.78, 5) is 11.7. The number of carbonyl (C=O) groups excluding carboxylic acids is 1. The van der Waals surface area contributed by atoms with Crippen LogP contribution in [0.4, 0.5) is 11.4 Å². The summed E-state index contributed by atoms with van der Waals surface area (Å²) in [6.07, 6.45) is 0.910. The van der Waals surface area contributed by atoms with Gasteiger partial charge in [-0.25, -0.2) is 4.79 Å². The lowest BCUT2D eigenvalue weighted by molar-refractivity contribution is 0.0527. The molecule has 0 heterocycles. The van der Waals surface area contributed by atoms with Crippen LogP contribution in [0, 0.1) is 0 Å². The summed E-state index contributed by atoms with van der Waals surface area (Å²) < 4.78 is 10.2. The van der Waals surface area contributed by atoms with Crippen molar-refractivity contribution in [2.45, 2.75) is 20.3 Å². The lowest BCUT2D eigenvalue weighted by atomic mass is 10.1. The molecule has 19 heavy (non-hydrogen) atoms. The van der Waals surface area contributed by atoms with Gasteiger partial charge in [0.1, 0.15) is 0 Å². The van der Waals surface area contributed by atoms with Gasteiger partial charge in [0.05, 0.1) is 12.2 Å². The third kappa shape index (κ3) is 5.18. The standard InChI is InChI=1S/C14H22N2O3/c1-3-18-9-5-8-16-11-6-7-13(15)12(10-11)14(17)19-4-2/h6-7,10,16H,3-5,8-9,15H2,1-2H3. The van der Waals surface area contributed by atoms with Crippen molar-refractivity contribution >= 4 is 17.3 Å². The molecule has 5 heteroatoms. The van der Waals surface area contributed by atoms with Gasteiger partial charge in [0.15, 0.2) is 0 Å². The van der Waals surface area contributed by atoms with Crippen LogP contribution in [0.3, 0.4) is 0 Å². The predicted octanol–water partition coefficient (Wildman–Crippen LogP) is 2.28. The summed E-state index contributed by atoms with van der Waals surface area (Å²) in [7, 11) is 0. The Morgan fingerprint density at radius 2 is 2.11 bits per heavy atom. The van der Waals surface area contributed by atoms with Crippen molar-refractivity contribution in [1.82, 2.24) is 0 Å². The van der Waals surface area contributed by atoms with E-state index in [0.29, 0.717) is 17.9 Å². The largest absolute Gasteiger partial charge is 0.462 e. The van der Waals surface area contributed by atoms with Gasteiger partial charge >= 0.3 is 5.97 Å². The van der Waals surface area contributed by atoms with Crippen molar-refractivity contribution in [2.24, 2.45) is 0 Å². The fourth-order valence-corrected chi connectivity index (χ4v) is 1.60. The van der Waals surface area contributed by atoms with E-state index in [1.807, 2.05) is 13.0 Å². The first kappa shape index (κ1) is 15.3. The highest BCUT2D eigenvalue weighted by Gasteiger charge is 2.11. The van der Waals surface area contributed by atoms with E-state index >= 15 is 0 Å². The molecule has 0 amide bonds. The average molecular weight is 266 g/mol. The first-order valence-electron chi connectivity index (χ1n) is 6.57. The number of hydrogen-bond donors (Lipinski definition) is 2. The summed E-state index contributed by atoms with van der Waals surface area (Å²) in [5.74, 6) is -0.391. The molecule has 0 radical (unpaired) electrons. The molecule has 1 rings (SSSR count). The molecule has 0 saturated carbocycles. The SMILES string of the molecule is CCOCCCNc1ccc(N)c(C(=O)OCC)c1. The maximum atomic E-state index is 11.7. The normalized spacial score (nSPS) is 10.2. The van der Waals surface area contributed by atoms with Crippen molar-refractivity contribution in [3.63, 3.8) is 0 Å². The summed E-state index contributed by atoms with van der Waals surface area (Å²) >= 11 is 0. The zero-order chi connectivity index (χ0) is 14.1. The smallest absolute Gasteiger partial charge is 0.340 e. The fraction of sp³-hybridized carbons (Fsp3) is 0.500. The van der Waals surface area contributed by atoms with Gasteiger partial charge in [-0.15, -0.1) is 0 Å². The van der Waals surface area contributed by atoms with E-state index in [9.17, 15) is 4.79 Å². The molecule has 0 unspecified atom stereocenters. The van der Waals surface area contributed by atoms with Crippen molar-refractivity contribution in [3.05, 3.63) is 23.8 Å². The van der Waals surface area contributed by atoms with E-state index in [2.05, 4.69) is 5.32 Å². The van der Waals surface area contributed by atoms with Crippen LogP contribution in [-0.2, 0) is 9.47 Å². The minimum atomic E-state index is -0.391. The molecule has 0 fully saturated rings. The first-order valence-corrected chi connectivity index (χ1v) is 6.57. The van der Waals surface area contributed by atoms with E-state index < -0.39 is 5.97 Å². The number of rotatable bonds is 8. The Morgan fingerprint density at radius 3 is 2.79 bits per heavy atom. The Hall–Kier alpha value is -1.75. The van der Waals surface area contributed by atoms with E-state index in [0.717, 1.165) is 31.9 Å². The summed E-state index contributed by atoms with van der Waals surface area (Å²) in [6.45, 7) is 6.32. The molecule has 3 N–H and O–H groups in total. The molecule has 0 aliphatic heterocycles. The topological polar surface area (TPSA) is 73.6 Å². The Balaban J connectivity index is 2.55. The van der Waals surface area contributed by atoms with Crippen LogP contribution in [-0.4, -0.2) is 32.3 Å². The molecular formula is C14H22N2O3. The molecule has 0 aliphatic rings.